The summed E-state index contributed by atoms with van der Waals surface area (Å²) >= 11 is 0. The monoisotopic (exact) mass is 335 g/mol. The van der Waals surface area contributed by atoms with Gasteiger partial charge in [-0.2, -0.15) is 0 Å². The summed E-state index contributed by atoms with van der Waals surface area (Å²) in [5.74, 6) is -0.200. The fourth-order valence-electron chi connectivity index (χ4n) is 3.01. The molecule has 2 aromatic carbocycles. The number of rotatable bonds is 4. The summed E-state index contributed by atoms with van der Waals surface area (Å²) in [6.07, 6.45) is 0.284. The Kier molecular flexibility index (Phi) is 4.67. The van der Waals surface area contributed by atoms with Crippen molar-refractivity contribution in [3.63, 3.8) is 0 Å². The highest BCUT2D eigenvalue weighted by Gasteiger charge is 2.18. The number of carbonyl (C=O) groups excluding carboxylic acids is 1. The number of aromatic amines is 1. The third-order valence-corrected chi connectivity index (χ3v) is 4.55. The Hall–Kier alpha value is -2.55. The Bertz CT molecular complexity index is 886. The molecule has 3 aromatic rings. The van der Waals surface area contributed by atoms with Crippen molar-refractivity contribution in [3.05, 3.63) is 70.9 Å². The van der Waals surface area contributed by atoms with Crippen molar-refractivity contribution in [2.24, 2.45) is 0 Å². The van der Waals surface area contributed by atoms with Gasteiger partial charge in [0.15, 0.2) is 0 Å². The van der Waals surface area contributed by atoms with E-state index >= 15 is 0 Å². The normalized spacial score (nSPS) is 11.7. The lowest BCUT2D eigenvalue weighted by Gasteiger charge is -2.19. The van der Waals surface area contributed by atoms with Gasteiger partial charge in [0, 0.05) is 16.6 Å². The van der Waals surface area contributed by atoms with Crippen LogP contribution in [0.25, 0.3) is 10.9 Å². The van der Waals surface area contributed by atoms with E-state index in [1.807, 2.05) is 37.3 Å². The number of ether oxygens (including phenoxy) is 1. The van der Waals surface area contributed by atoms with E-state index < -0.39 is 0 Å². The van der Waals surface area contributed by atoms with Crippen LogP contribution >= 0.6 is 0 Å². The van der Waals surface area contributed by atoms with Crippen LogP contribution in [0, 0.1) is 6.92 Å². The number of H-pyrrole nitrogens is 1. The molecule has 0 aliphatic heterocycles. The highest BCUT2D eigenvalue weighted by molar-refractivity contribution is 5.89. The second-order valence-electron chi connectivity index (χ2n) is 7.56. The summed E-state index contributed by atoms with van der Waals surface area (Å²) in [6, 6.07) is 16.2. The van der Waals surface area contributed by atoms with Gasteiger partial charge in [0.2, 0.25) is 0 Å². The van der Waals surface area contributed by atoms with Gasteiger partial charge < -0.3 is 9.72 Å². The second kappa shape index (κ2) is 6.75. The van der Waals surface area contributed by atoms with Crippen molar-refractivity contribution in [1.82, 2.24) is 4.98 Å². The summed E-state index contributed by atoms with van der Waals surface area (Å²) in [6.45, 7) is 8.91. The van der Waals surface area contributed by atoms with Gasteiger partial charge in [0.05, 0.1) is 6.42 Å². The molecular weight excluding hydrogens is 310 g/mol. The fraction of sp³-hybridized carbons (Fsp3) is 0.318. The number of aryl methyl sites for hydroxylation is 1. The van der Waals surface area contributed by atoms with Crippen LogP contribution in [0.4, 0.5) is 0 Å². The van der Waals surface area contributed by atoms with E-state index in [1.54, 1.807) is 0 Å². The molecule has 0 bridgehead atoms. The Labute approximate surface area is 149 Å². The molecule has 0 amide bonds. The second-order valence-corrected chi connectivity index (χ2v) is 7.56. The van der Waals surface area contributed by atoms with Crippen molar-refractivity contribution in [2.45, 2.75) is 46.1 Å². The summed E-state index contributed by atoms with van der Waals surface area (Å²) in [5, 5.41) is 1.11. The van der Waals surface area contributed by atoms with E-state index in [9.17, 15) is 4.79 Å². The van der Waals surface area contributed by atoms with Crippen LogP contribution in [-0.2, 0) is 28.0 Å². The number of hydrogen-bond acceptors (Lipinski definition) is 2. The molecule has 130 valence electrons. The largest absolute Gasteiger partial charge is 0.461 e. The lowest BCUT2D eigenvalue weighted by atomic mass is 9.86. The van der Waals surface area contributed by atoms with E-state index in [0.29, 0.717) is 6.61 Å². The average molecular weight is 335 g/mol. The molecule has 1 heterocycles. The number of hydrogen-bond donors (Lipinski definition) is 1. The Balaban J connectivity index is 1.80. The maximum Gasteiger partial charge on any atom is 0.310 e. The first kappa shape index (κ1) is 17.3. The zero-order valence-electron chi connectivity index (χ0n) is 15.3. The highest BCUT2D eigenvalue weighted by atomic mass is 16.5. The molecule has 0 saturated carbocycles. The van der Waals surface area contributed by atoms with Crippen molar-refractivity contribution >= 4 is 16.9 Å². The SMILES string of the molecule is Cc1[nH]c2ccc(C(C)(C)C)cc2c1CC(=O)OCc1ccccc1. The van der Waals surface area contributed by atoms with Gasteiger partial charge in [-0.05, 0) is 41.2 Å². The Morgan fingerprint density at radius 1 is 1.08 bits per heavy atom. The quantitative estimate of drug-likeness (QED) is 0.677. The molecule has 0 radical (unpaired) electrons. The highest BCUT2D eigenvalue weighted by Crippen LogP contribution is 2.29. The first-order valence-corrected chi connectivity index (χ1v) is 8.66. The van der Waals surface area contributed by atoms with Crippen molar-refractivity contribution in [2.75, 3.05) is 0 Å². The molecule has 0 fully saturated rings. The molecule has 0 atom stereocenters. The van der Waals surface area contributed by atoms with Crippen LogP contribution in [0.3, 0.4) is 0 Å². The first-order chi connectivity index (χ1) is 11.8. The van der Waals surface area contributed by atoms with Gasteiger partial charge in [-0.3, -0.25) is 4.79 Å². The minimum atomic E-state index is -0.200. The molecule has 25 heavy (non-hydrogen) atoms. The van der Waals surface area contributed by atoms with Crippen LogP contribution in [0.1, 0.15) is 43.2 Å². The van der Waals surface area contributed by atoms with E-state index in [4.69, 9.17) is 4.74 Å². The number of nitrogens with one attached hydrogen (secondary N) is 1. The average Bonchev–Trinajstić information content (AvgIpc) is 2.88. The van der Waals surface area contributed by atoms with Crippen LogP contribution in [0.2, 0.25) is 0 Å². The molecule has 0 unspecified atom stereocenters. The number of esters is 1. The van der Waals surface area contributed by atoms with Crippen LogP contribution in [-0.4, -0.2) is 11.0 Å². The molecule has 1 aromatic heterocycles. The maximum atomic E-state index is 12.3. The number of carbonyl (C=O) groups is 1. The van der Waals surface area contributed by atoms with E-state index in [2.05, 4.69) is 44.0 Å². The van der Waals surface area contributed by atoms with Crippen molar-refractivity contribution in [1.29, 1.82) is 0 Å². The molecule has 3 heteroatoms. The first-order valence-electron chi connectivity index (χ1n) is 8.66. The maximum absolute atomic E-state index is 12.3. The summed E-state index contributed by atoms with van der Waals surface area (Å²) in [4.78, 5) is 15.7. The van der Waals surface area contributed by atoms with E-state index in [-0.39, 0.29) is 17.8 Å². The van der Waals surface area contributed by atoms with Crippen LogP contribution in [0.15, 0.2) is 48.5 Å². The van der Waals surface area contributed by atoms with Crippen LogP contribution < -0.4 is 0 Å². The smallest absolute Gasteiger partial charge is 0.310 e. The molecule has 3 nitrogen and oxygen atoms in total. The zero-order chi connectivity index (χ0) is 18.0. The predicted molar refractivity (Wildman–Crippen MR) is 102 cm³/mol. The summed E-state index contributed by atoms with van der Waals surface area (Å²) in [5.41, 5.74) is 5.46. The van der Waals surface area contributed by atoms with Gasteiger partial charge in [0.25, 0.3) is 0 Å². The van der Waals surface area contributed by atoms with Crippen molar-refractivity contribution in [3.8, 4) is 0 Å². The minimum absolute atomic E-state index is 0.0739. The molecular formula is C22H25NO2. The third kappa shape index (κ3) is 3.93. The summed E-state index contributed by atoms with van der Waals surface area (Å²) < 4.78 is 5.45. The van der Waals surface area contributed by atoms with Gasteiger partial charge >= 0.3 is 5.97 Å². The van der Waals surface area contributed by atoms with Gasteiger partial charge in [-0.25, -0.2) is 0 Å². The van der Waals surface area contributed by atoms with Gasteiger partial charge in [-0.1, -0.05) is 57.2 Å². The molecule has 0 aliphatic carbocycles. The lowest BCUT2D eigenvalue weighted by Crippen LogP contribution is -2.11. The molecule has 0 spiro atoms. The van der Waals surface area contributed by atoms with Crippen molar-refractivity contribution < 1.29 is 9.53 Å². The minimum Gasteiger partial charge on any atom is -0.461 e. The predicted octanol–water partition coefficient (Wildman–Crippen LogP) is 5.06. The van der Waals surface area contributed by atoms with Crippen LogP contribution in [0.5, 0.6) is 0 Å². The Morgan fingerprint density at radius 3 is 2.48 bits per heavy atom. The number of benzene rings is 2. The van der Waals surface area contributed by atoms with Gasteiger partial charge in [0.1, 0.15) is 6.61 Å². The molecule has 1 N–H and O–H groups in total. The fourth-order valence-corrected chi connectivity index (χ4v) is 3.01. The topological polar surface area (TPSA) is 42.1 Å². The Morgan fingerprint density at radius 2 is 1.80 bits per heavy atom. The summed E-state index contributed by atoms with van der Waals surface area (Å²) in [7, 11) is 0. The van der Waals surface area contributed by atoms with E-state index in [0.717, 1.165) is 27.7 Å². The number of aromatic nitrogens is 1. The molecule has 0 aliphatic rings. The standard InChI is InChI=1S/C22H25NO2/c1-15-18(13-21(24)25-14-16-8-6-5-7-9-16)19-12-17(22(2,3)4)10-11-20(19)23-15/h5-12,23H,13-14H2,1-4H3. The zero-order valence-corrected chi connectivity index (χ0v) is 15.3. The number of fused-ring (bicyclic) bond motifs is 1. The van der Waals surface area contributed by atoms with Gasteiger partial charge in [-0.15, -0.1) is 0 Å². The molecule has 0 saturated heterocycles. The molecule has 3 rings (SSSR count). The third-order valence-electron chi connectivity index (χ3n) is 4.55. The lowest BCUT2D eigenvalue weighted by molar-refractivity contribution is -0.144. The van der Waals surface area contributed by atoms with E-state index in [1.165, 1.54) is 5.56 Å².